The third-order valence-electron chi connectivity index (χ3n) is 2.61. The summed E-state index contributed by atoms with van der Waals surface area (Å²) in [7, 11) is 0. The first-order valence-electron chi connectivity index (χ1n) is 5.31. The molecule has 0 aliphatic carbocycles. The first kappa shape index (κ1) is 10.9. The van der Waals surface area contributed by atoms with Gasteiger partial charge in [0, 0.05) is 32.2 Å². The zero-order valence-corrected chi connectivity index (χ0v) is 9.67. The molecule has 0 spiro atoms. The molecule has 1 aliphatic rings. The third kappa shape index (κ3) is 3.16. The van der Waals surface area contributed by atoms with Gasteiger partial charge in [0.05, 0.1) is 5.69 Å². The molecule has 1 aliphatic heterocycles. The summed E-state index contributed by atoms with van der Waals surface area (Å²) in [6.45, 7) is 6.32. The molecule has 1 atom stereocenters. The molecular weight excluding hydrogens is 210 g/mol. The van der Waals surface area contributed by atoms with Crippen molar-refractivity contribution in [3.8, 4) is 0 Å². The van der Waals surface area contributed by atoms with Gasteiger partial charge in [0.1, 0.15) is 5.15 Å². The summed E-state index contributed by atoms with van der Waals surface area (Å²) >= 11 is 5.85. The van der Waals surface area contributed by atoms with Gasteiger partial charge < -0.3 is 5.32 Å². The quantitative estimate of drug-likeness (QED) is 0.774. The number of piperazine rings is 1. The lowest BCUT2D eigenvalue weighted by atomic mass is 10.2. The van der Waals surface area contributed by atoms with Crippen LogP contribution in [-0.2, 0) is 6.54 Å². The fraction of sp³-hybridized carbons (Fsp3) is 0.545. The van der Waals surface area contributed by atoms with Crippen LogP contribution in [0.4, 0.5) is 0 Å². The first-order chi connectivity index (χ1) is 7.24. The second-order valence-electron chi connectivity index (χ2n) is 4.04. The molecule has 0 radical (unpaired) electrons. The second-order valence-corrected chi connectivity index (χ2v) is 4.43. The van der Waals surface area contributed by atoms with Gasteiger partial charge in [-0.1, -0.05) is 17.7 Å². The highest BCUT2D eigenvalue weighted by molar-refractivity contribution is 6.29. The van der Waals surface area contributed by atoms with Crippen molar-refractivity contribution in [1.82, 2.24) is 15.2 Å². The molecule has 0 bridgehead atoms. The maximum atomic E-state index is 5.85. The maximum absolute atomic E-state index is 5.85. The van der Waals surface area contributed by atoms with E-state index < -0.39 is 0 Å². The number of halogens is 1. The van der Waals surface area contributed by atoms with Crippen molar-refractivity contribution in [2.75, 3.05) is 19.6 Å². The Balaban J connectivity index is 1.96. The zero-order chi connectivity index (χ0) is 10.7. The van der Waals surface area contributed by atoms with E-state index >= 15 is 0 Å². The lowest BCUT2D eigenvalue weighted by molar-refractivity contribution is 0.197. The monoisotopic (exact) mass is 225 g/mol. The summed E-state index contributed by atoms with van der Waals surface area (Å²) in [6.07, 6.45) is 0. The van der Waals surface area contributed by atoms with E-state index in [0.29, 0.717) is 11.2 Å². The van der Waals surface area contributed by atoms with Crippen LogP contribution < -0.4 is 5.32 Å². The molecule has 1 fully saturated rings. The summed E-state index contributed by atoms with van der Waals surface area (Å²) in [5, 5.41) is 4.00. The number of hydrogen-bond acceptors (Lipinski definition) is 3. The van der Waals surface area contributed by atoms with E-state index in [9.17, 15) is 0 Å². The molecule has 3 nitrogen and oxygen atoms in total. The summed E-state index contributed by atoms with van der Waals surface area (Å²) in [5.74, 6) is 0. The van der Waals surface area contributed by atoms with Crippen molar-refractivity contribution in [3.05, 3.63) is 29.0 Å². The van der Waals surface area contributed by atoms with Crippen LogP contribution in [-0.4, -0.2) is 35.6 Å². The second kappa shape index (κ2) is 4.92. The maximum Gasteiger partial charge on any atom is 0.129 e. The smallest absolute Gasteiger partial charge is 0.129 e. The lowest BCUT2D eigenvalue weighted by Gasteiger charge is -2.31. The molecule has 2 rings (SSSR count). The van der Waals surface area contributed by atoms with Crippen LogP contribution in [0.25, 0.3) is 0 Å². The van der Waals surface area contributed by atoms with Crippen LogP contribution in [0.1, 0.15) is 12.6 Å². The molecule has 0 saturated carbocycles. The van der Waals surface area contributed by atoms with Gasteiger partial charge in [0.2, 0.25) is 0 Å². The Morgan fingerprint density at radius 2 is 2.47 bits per heavy atom. The topological polar surface area (TPSA) is 28.2 Å². The van der Waals surface area contributed by atoms with Gasteiger partial charge in [-0.3, -0.25) is 4.90 Å². The van der Waals surface area contributed by atoms with Crippen LogP contribution in [0.15, 0.2) is 18.2 Å². The lowest BCUT2D eigenvalue weighted by Crippen LogP contribution is -2.48. The molecular formula is C11H16ClN3. The summed E-state index contributed by atoms with van der Waals surface area (Å²) < 4.78 is 0. The highest BCUT2D eigenvalue weighted by Gasteiger charge is 2.15. The largest absolute Gasteiger partial charge is 0.312 e. The average Bonchev–Trinajstić information content (AvgIpc) is 2.17. The average molecular weight is 226 g/mol. The normalized spacial score (nSPS) is 22.9. The van der Waals surface area contributed by atoms with Crippen LogP contribution >= 0.6 is 11.6 Å². The summed E-state index contributed by atoms with van der Waals surface area (Å²) in [6, 6.07) is 6.36. The molecule has 0 aromatic carbocycles. The first-order valence-corrected chi connectivity index (χ1v) is 5.69. The Labute approximate surface area is 95.4 Å². The van der Waals surface area contributed by atoms with Crippen molar-refractivity contribution in [1.29, 1.82) is 0 Å². The Kier molecular flexibility index (Phi) is 3.57. The number of rotatable bonds is 2. The van der Waals surface area contributed by atoms with Gasteiger partial charge in [0.15, 0.2) is 0 Å². The third-order valence-corrected chi connectivity index (χ3v) is 2.82. The predicted octanol–water partition coefficient (Wildman–Crippen LogP) is 1.53. The van der Waals surface area contributed by atoms with Crippen LogP contribution in [0.5, 0.6) is 0 Å². The Bertz CT molecular complexity index is 329. The van der Waals surface area contributed by atoms with Crippen molar-refractivity contribution < 1.29 is 0 Å². The summed E-state index contributed by atoms with van der Waals surface area (Å²) in [5.41, 5.74) is 1.05. The van der Waals surface area contributed by atoms with E-state index in [2.05, 4.69) is 22.1 Å². The fourth-order valence-corrected chi connectivity index (χ4v) is 2.10. The highest BCUT2D eigenvalue weighted by atomic mass is 35.5. The molecule has 2 heterocycles. The van der Waals surface area contributed by atoms with Crippen molar-refractivity contribution in [3.63, 3.8) is 0 Å². The molecule has 82 valence electrons. The van der Waals surface area contributed by atoms with Crippen molar-refractivity contribution >= 4 is 11.6 Å². The number of nitrogens with zero attached hydrogens (tertiary/aromatic N) is 2. The Hall–Kier alpha value is -0.640. The molecule has 1 saturated heterocycles. The van der Waals surface area contributed by atoms with Gasteiger partial charge in [0.25, 0.3) is 0 Å². The minimum Gasteiger partial charge on any atom is -0.312 e. The van der Waals surface area contributed by atoms with Crippen molar-refractivity contribution in [2.45, 2.75) is 19.5 Å². The number of nitrogens with one attached hydrogen (secondary N) is 1. The number of hydrogen-bond donors (Lipinski definition) is 1. The Morgan fingerprint density at radius 3 is 3.20 bits per heavy atom. The molecule has 4 heteroatoms. The SMILES string of the molecule is CC1CN(Cc2cccc(Cl)n2)CCN1. The molecule has 1 aromatic rings. The summed E-state index contributed by atoms with van der Waals surface area (Å²) in [4.78, 5) is 6.70. The van der Waals surface area contributed by atoms with Gasteiger partial charge in [-0.2, -0.15) is 0 Å². The van der Waals surface area contributed by atoms with E-state index in [1.165, 1.54) is 0 Å². The number of pyridine rings is 1. The molecule has 1 N–H and O–H groups in total. The number of aromatic nitrogens is 1. The minimum absolute atomic E-state index is 0.568. The van der Waals surface area contributed by atoms with E-state index in [1.54, 1.807) is 0 Å². The molecule has 1 unspecified atom stereocenters. The van der Waals surface area contributed by atoms with E-state index in [-0.39, 0.29) is 0 Å². The molecule has 15 heavy (non-hydrogen) atoms. The van der Waals surface area contributed by atoms with Crippen LogP contribution in [0.2, 0.25) is 5.15 Å². The van der Waals surface area contributed by atoms with E-state index in [4.69, 9.17) is 11.6 Å². The zero-order valence-electron chi connectivity index (χ0n) is 8.91. The fourth-order valence-electron chi connectivity index (χ4n) is 1.92. The van der Waals surface area contributed by atoms with Gasteiger partial charge >= 0.3 is 0 Å². The molecule has 0 amide bonds. The van der Waals surface area contributed by atoms with Crippen molar-refractivity contribution in [2.24, 2.45) is 0 Å². The van der Waals surface area contributed by atoms with Gasteiger partial charge in [-0.25, -0.2) is 4.98 Å². The molecule has 1 aromatic heterocycles. The Morgan fingerprint density at radius 1 is 1.60 bits per heavy atom. The standard InChI is InChI=1S/C11H16ClN3/c1-9-7-15(6-5-13-9)8-10-3-2-4-11(12)14-10/h2-4,9,13H,5-8H2,1H3. The van der Waals surface area contributed by atoms with Gasteiger partial charge in [-0.05, 0) is 19.1 Å². The van der Waals surface area contributed by atoms with Crippen LogP contribution in [0, 0.1) is 0 Å². The van der Waals surface area contributed by atoms with E-state index in [0.717, 1.165) is 31.9 Å². The van der Waals surface area contributed by atoms with E-state index in [1.807, 2.05) is 18.2 Å². The predicted molar refractivity (Wildman–Crippen MR) is 62.0 cm³/mol. The highest BCUT2D eigenvalue weighted by Crippen LogP contribution is 2.09. The van der Waals surface area contributed by atoms with Gasteiger partial charge in [-0.15, -0.1) is 0 Å². The van der Waals surface area contributed by atoms with Crippen LogP contribution in [0.3, 0.4) is 0 Å². The minimum atomic E-state index is 0.568.